The fraction of sp³-hybridized carbons (Fsp3) is 0.625. The van der Waals surface area contributed by atoms with Crippen LogP contribution in [0.25, 0.3) is 0 Å². The van der Waals surface area contributed by atoms with E-state index in [0.717, 1.165) is 18.5 Å². The predicted octanol–water partition coefficient (Wildman–Crippen LogP) is 1.69. The molecule has 2 unspecified atom stereocenters. The summed E-state index contributed by atoms with van der Waals surface area (Å²) in [5, 5.41) is 9.38. The van der Waals surface area contributed by atoms with Gasteiger partial charge in [0.25, 0.3) is 0 Å². The van der Waals surface area contributed by atoms with Crippen LogP contribution in [0.15, 0.2) is 5.51 Å². The Morgan fingerprint density at radius 2 is 2.45 bits per heavy atom. The molecule has 0 aromatic carbocycles. The molecule has 0 aliphatic heterocycles. The Morgan fingerprint density at radius 1 is 1.64 bits per heavy atom. The molecule has 2 atom stereocenters. The van der Waals surface area contributed by atoms with Crippen LogP contribution >= 0.6 is 11.3 Å². The SMILES string of the molecule is Cc1ncsc1C1CCC1O. The van der Waals surface area contributed by atoms with E-state index in [9.17, 15) is 5.11 Å². The second-order valence-corrected chi connectivity index (χ2v) is 3.94. The summed E-state index contributed by atoms with van der Waals surface area (Å²) >= 11 is 1.67. The number of aromatic nitrogens is 1. The van der Waals surface area contributed by atoms with Gasteiger partial charge in [0, 0.05) is 10.8 Å². The molecule has 1 fully saturated rings. The highest BCUT2D eigenvalue weighted by Crippen LogP contribution is 2.39. The van der Waals surface area contributed by atoms with Gasteiger partial charge in [0.05, 0.1) is 17.3 Å². The summed E-state index contributed by atoms with van der Waals surface area (Å²) in [5.74, 6) is 0.391. The van der Waals surface area contributed by atoms with E-state index in [0.29, 0.717) is 5.92 Å². The number of rotatable bonds is 1. The first-order valence-electron chi connectivity index (χ1n) is 3.87. The van der Waals surface area contributed by atoms with Gasteiger partial charge in [-0.25, -0.2) is 4.98 Å². The second kappa shape index (κ2) is 2.57. The third kappa shape index (κ3) is 1.08. The van der Waals surface area contributed by atoms with Crippen LogP contribution in [-0.4, -0.2) is 16.2 Å². The van der Waals surface area contributed by atoms with Crippen molar-refractivity contribution in [2.24, 2.45) is 0 Å². The fourth-order valence-electron chi connectivity index (χ4n) is 1.46. The van der Waals surface area contributed by atoms with Crippen LogP contribution in [0.4, 0.5) is 0 Å². The zero-order chi connectivity index (χ0) is 7.84. The van der Waals surface area contributed by atoms with Crippen molar-refractivity contribution in [3.8, 4) is 0 Å². The van der Waals surface area contributed by atoms with Crippen molar-refractivity contribution >= 4 is 11.3 Å². The molecule has 0 saturated heterocycles. The summed E-state index contributed by atoms with van der Waals surface area (Å²) in [6, 6.07) is 0. The van der Waals surface area contributed by atoms with E-state index in [1.165, 1.54) is 4.88 Å². The average molecular weight is 169 g/mol. The van der Waals surface area contributed by atoms with Gasteiger partial charge < -0.3 is 5.11 Å². The first kappa shape index (κ1) is 7.25. The number of hydrogen-bond acceptors (Lipinski definition) is 3. The molecule has 11 heavy (non-hydrogen) atoms. The molecule has 0 radical (unpaired) electrons. The molecule has 1 aliphatic rings. The summed E-state index contributed by atoms with van der Waals surface area (Å²) in [6.45, 7) is 2.01. The van der Waals surface area contributed by atoms with Gasteiger partial charge in [-0.2, -0.15) is 0 Å². The van der Waals surface area contributed by atoms with Crippen LogP contribution in [-0.2, 0) is 0 Å². The van der Waals surface area contributed by atoms with Gasteiger partial charge in [-0.1, -0.05) is 0 Å². The molecule has 1 saturated carbocycles. The molecule has 1 aliphatic carbocycles. The van der Waals surface area contributed by atoms with Crippen LogP contribution < -0.4 is 0 Å². The van der Waals surface area contributed by atoms with Gasteiger partial charge in [-0.15, -0.1) is 11.3 Å². The Labute approximate surface area is 69.9 Å². The van der Waals surface area contributed by atoms with Gasteiger partial charge >= 0.3 is 0 Å². The van der Waals surface area contributed by atoms with Crippen molar-refractivity contribution in [1.29, 1.82) is 0 Å². The van der Waals surface area contributed by atoms with Crippen molar-refractivity contribution < 1.29 is 5.11 Å². The quantitative estimate of drug-likeness (QED) is 0.694. The van der Waals surface area contributed by atoms with Gasteiger partial charge in [0.1, 0.15) is 0 Å². The lowest BCUT2D eigenvalue weighted by Gasteiger charge is -2.31. The minimum Gasteiger partial charge on any atom is -0.392 e. The Kier molecular flexibility index (Phi) is 1.69. The van der Waals surface area contributed by atoms with Crippen LogP contribution in [0.1, 0.15) is 29.3 Å². The smallest absolute Gasteiger partial charge is 0.0797 e. The third-order valence-corrected chi connectivity index (χ3v) is 3.42. The molecule has 0 bridgehead atoms. The summed E-state index contributed by atoms with van der Waals surface area (Å²) < 4.78 is 0. The molecule has 1 aromatic rings. The van der Waals surface area contributed by atoms with E-state index in [-0.39, 0.29) is 6.10 Å². The highest BCUT2D eigenvalue weighted by molar-refractivity contribution is 7.09. The van der Waals surface area contributed by atoms with E-state index in [1.807, 2.05) is 12.4 Å². The lowest BCUT2D eigenvalue weighted by Crippen LogP contribution is -2.28. The molecule has 1 aromatic heterocycles. The number of aliphatic hydroxyl groups excluding tert-OH is 1. The Hall–Kier alpha value is -0.410. The van der Waals surface area contributed by atoms with E-state index in [4.69, 9.17) is 0 Å². The summed E-state index contributed by atoms with van der Waals surface area (Å²) in [6.07, 6.45) is 1.99. The molecule has 0 amide bonds. The average Bonchev–Trinajstić information content (AvgIpc) is 2.34. The van der Waals surface area contributed by atoms with Crippen LogP contribution in [0, 0.1) is 6.92 Å². The molecule has 60 valence electrons. The van der Waals surface area contributed by atoms with Crippen LogP contribution in [0.5, 0.6) is 0 Å². The zero-order valence-corrected chi connectivity index (χ0v) is 7.27. The van der Waals surface area contributed by atoms with Gasteiger partial charge in [-0.05, 0) is 19.8 Å². The normalized spacial score (nSPS) is 30.0. The topological polar surface area (TPSA) is 33.1 Å². The van der Waals surface area contributed by atoms with E-state index in [2.05, 4.69) is 4.98 Å². The minimum absolute atomic E-state index is 0.103. The summed E-state index contributed by atoms with van der Waals surface area (Å²) in [7, 11) is 0. The summed E-state index contributed by atoms with van der Waals surface area (Å²) in [5.41, 5.74) is 2.95. The van der Waals surface area contributed by atoms with E-state index in [1.54, 1.807) is 11.3 Å². The largest absolute Gasteiger partial charge is 0.392 e. The van der Waals surface area contributed by atoms with Crippen molar-refractivity contribution in [3.05, 3.63) is 16.1 Å². The Bertz CT molecular complexity index is 258. The van der Waals surface area contributed by atoms with Crippen molar-refractivity contribution in [3.63, 3.8) is 0 Å². The van der Waals surface area contributed by atoms with Crippen LogP contribution in [0.3, 0.4) is 0 Å². The zero-order valence-electron chi connectivity index (χ0n) is 6.45. The fourth-order valence-corrected chi connectivity index (χ4v) is 2.45. The van der Waals surface area contributed by atoms with E-state index < -0.39 is 0 Å². The number of nitrogens with zero attached hydrogens (tertiary/aromatic N) is 1. The van der Waals surface area contributed by atoms with E-state index >= 15 is 0 Å². The summed E-state index contributed by atoms with van der Waals surface area (Å²) in [4.78, 5) is 5.44. The monoisotopic (exact) mass is 169 g/mol. The maximum atomic E-state index is 9.38. The highest BCUT2D eigenvalue weighted by atomic mass is 32.1. The second-order valence-electron chi connectivity index (χ2n) is 3.05. The number of aliphatic hydroxyl groups is 1. The van der Waals surface area contributed by atoms with Crippen LogP contribution in [0.2, 0.25) is 0 Å². The van der Waals surface area contributed by atoms with Crippen molar-refractivity contribution in [2.75, 3.05) is 0 Å². The lowest BCUT2D eigenvalue weighted by molar-refractivity contribution is 0.0673. The molecular weight excluding hydrogens is 158 g/mol. The minimum atomic E-state index is -0.103. The number of thiazole rings is 1. The molecule has 2 nitrogen and oxygen atoms in total. The molecular formula is C8H11NOS. The first-order chi connectivity index (χ1) is 5.29. The van der Waals surface area contributed by atoms with Gasteiger partial charge in [0.15, 0.2) is 0 Å². The third-order valence-electron chi connectivity index (χ3n) is 2.36. The highest BCUT2D eigenvalue weighted by Gasteiger charge is 2.32. The molecule has 2 rings (SSSR count). The van der Waals surface area contributed by atoms with Crippen molar-refractivity contribution in [1.82, 2.24) is 4.98 Å². The maximum Gasteiger partial charge on any atom is 0.0797 e. The number of aryl methyl sites for hydroxylation is 1. The van der Waals surface area contributed by atoms with Gasteiger partial charge in [-0.3, -0.25) is 0 Å². The first-order valence-corrected chi connectivity index (χ1v) is 4.75. The van der Waals surface area contributed by atoms with Gasteiger partial charge in [0.2, 0.25) is 0 Å². The molecule has 1 N–H and O–H groups in total. The predicted molar refractivity (Wildman–Crippen MR) is 44.8 cm³/mol. The lowest BCUT2D eigenvalue weighted by atomic mass is 9.80. The standard InChI is InChI=1S/C8H11NOS/c1-5-8(11-4-9-5)6-2-3-7(6)10/h4,6-7,10H,2-3H2,1H3. The molecule has 3 heteroatoms. The Morgan fingerprint density at radius 3 is 2.82 bits per heavy atom. The molecule has 1 heterocycles. The maximum absolute atomic E-state index is 9.38. The molecule has 0 spiro atoms. The Balaban J connectivity index is 2.22. The van der Waals surface area contributed by atoms with Crippen molar-refractivity contribution in [2.45, 2.75) is 31.8 Å². The number of hydrogen-bond donors (Lipinski definition) is 1.